The standard InChI is InChI=1S/C21H23N5O2/c1-28-18-4-2-3-17(12-18)24-7-9-25(10-8-24)21(27)15-11-19-20(22-13-15)26(14-23-19)16-5-6-16/h2-4,11-14,16H,5-10H2,1H3. The fourth-order valence-corrected chi connectivity index (χ4v) is 3.81. The Kier molecular flexibility index (Phi) is 4.15. The molecule has 1 saturated heterocycles. The van der Waals surface area contributed by atoms with Gasteiger partial charge in [0.2, 0.25) is 0 Å². The lowest BCUT2D eigenvalue weighted by Gasteiger charge is -2.36. The highest BCUT2D eigenvalue weighted by Crippen LogP contribution is 2.36. The van der Waals surface area contributed by atoms with Crippen molar-refractivity contribution in [3.8, 4) is 5.75 Å². The largest absolute Gasteiger partial charge is 0.497 e. The Morgan fingerprint density at radius 2 is 1.93 bits per heavy atom. The summed E-state index contributed by atoms with van der Waals surface area (Å²) in [6.45, 7) is 2.96. The number of fused-ring (bicyclic) bond motifs is 1. The number of imidazole rings is 1. The number of carbonyl (C=O) groups is 1. The molecule has 7 nitrogen and oxygen atoms in total. The van der Waals surface area contributed by atoms with Gasteiger partial charge in [0.15, 0.2) is 5.65 Å². The Balaban J connectivity index is 1.28. The van der Waals surface area contributed by atoms with E-state index >= 15 is 0 Å². The van der Waals surface area contributed by atoms with Gasteiger partial charge < -0.3 is 19.1 Å². The number of carbonyl (C=O) groups excluding carboxylic acids is 1. The van der Waals surface area contributed by atoms with Crippen molar-refractivity contribution in [3.63, 3.8) is 0 Å². The van der Waals surface area contributed by atoms with Gasteiger partial charge in [0.25, 0.3) is 5.91 Å². The fraction of sp³-hybridized carbons (Fsp3) is 0.381. The minimum atomic E-state index is 0.0284. The van der Waals surface area contributed by atoms with Gasteiger partial charge in [-0.05, 0) is 31.0 Å². The lowest BCUT2D eigenvalue weighted by molar-refractivity contribution is 0.0746. The molecule has 1 aliphatic heterocycles. The van der Waals surface area contributed by atoms with Crippen molar-refractivity contribution in [1.29, 1.82) is 0 Å². The van der Waals surface area contributed by atoms with Crippen LogP contribution in [0.25, 0.3) is 11.2 Å². The summed E-state index contributed by atoms with van der Waals surface area (Å²) in [4.78, 5) is 26.1. The Hall–Kier alpha value is -3.09. The fourth-order valence-electron chi connectivity index (χ4n) is 3.81. The van der Waals surface area contributed by atoms with Gasteiger partial charge in [0, 0.05) is 50.2 Å². The molecule has 0 spiro atoms. The number of pyridine rings is 1. The van der Waals surface area contributed by atoms with Crippen molar-refractivity contribution in [2.45, 2.75) is 18.9 Å². The molecule has 0 radical (unpaired) electrons. The third-order valence-electron chi connectivity index (χ3n) is 5.59. The molecule has 2 aliphatic rings. The quantitative estimate of drug-likeness (QED) is 0.700. The summed E-state index contributed by atoms with van der Waals surface area (Å²) in [7, 11) is 1.67. The second kappa shape index (κ2) is 6.82. The molecule has 0 unspecified atom stereocenters. The maximum atomic E-state index is 13.0. The van der Waals surface area contributed by atoms with Crippen molar-refractivity contribution >= 4 is 22.8 Å². The van der Waals surface area contributed by atoms with Crippen LogP contribution in [0.2, 0.25) is 0 Å². The second-order valence-corrected chi connectivity index (χ2v) is 7.43. The molecule has 7 heteroatoms. The molecule has 3 heterocycles. The van der Waals surface area contributed by atoms with E-state index in [-0.39, 0.29) is 5.91 Å². The zero-order chi connectivity index (χ0) is 19.1. The van der Waals surface area contributed by atoms with Gasteiger partial charge in [-0.3, -0.25) is 4.79 Å². The molecule has 1 aliphatic carbocycles. The highest BCUT2D eigenvalue weighted by atomic mass is 16.5. The van der Waals surface area contributed by atoms with Crippen LogP contribution in [0.15, 0.2) is 42.9 Å². The summed E-state index contributed by atoms with van der Waals surface area (Å²) in [6.07, 6.45) is 5.91. The molecule has 1 saturated carbocycles. The maximum absolute atomic E-state index is 13.0. The number of hydrogen-bond acceptors (Lipinski definition) is 5. The Bertz CT molecular complexity index is 1020. The average Bonchev–Trinajstić information content (AvgIpc) is 3.52. The van der Waals surface area contributed by atoms with E-state index in [1.807, 2.05) is 35.5 Å². The molecule has 5 rings (SSSR count). The Morgan fingerprint density at radius 1 is 1.11 bits per heavy atom. The van der Waals surface area contributed by atoms with Crippen molar-refractivity contribution in [2.24, 2.45) is 0 Å². The number of rotatable bonds is 4. The van der Waals surface area contributed by atoms with Gasteiger partial charge in [-0.1, -0.05) is 6.07 Å². The van der Waals surface area contributed by atoms with E-state index in [0.29, 0.717) is 24.7 Å². The Labute approximate surface area is 163 Å². The predicted octanol–water partition coefficient (Wildman–Crippen LogP) is 2.74. The number of anilines is 1. The first-order valence-corrected chi connectivity index (χ1v) is 9.74. The molecular weight excluding hydrogens is 354 g/mol. The summed E-state index contributed by atoms with van der Waals surface area (Å²) >= 11 is 0. The Morgan fingerprint density at radius 3 is 2.68 bits per heavy atom. The molecule has 144 valence electrons. The highest BCUT2D eigenvalue weighted by Gasteiger charge is 2.27. The SMILES string of the molecule is COc1cccc(N2CCN(C(=O)c3cnc4c(c3)ncn4C3CC3)CC2)c1. The summed E-state index contributed by atoms with van der Waals surface area (Å²) < 4.78 is 7.43. The highest BCUT2D eigenvalue weighted by molar-refractivity contribution is 5.96. The monoisotopic (exact) mass is 377 g/mol. The maximum Gasteiger partial charge on any atom is 0.255 e. The van der Waals surface area contributed by atoms with Gasteiger partial charge in [0.1, 0.15) is 11.3 Å². The van der Waals surface area contributed by atoms with Gasteiger partial charge in [-0.25, -0.2) is 9.97 Å². The van der Waals surface area contributed by atoms with E-state index < -0.39 is 0 Å². The number of piperazine rings is 1. The van der Waals surface area contributed by atoms with E-state index in [4.69, 9.17) is 4.74 Å². The van der Waals surface area contributed by atoms with Gasteiger partial charge >= 0.3 is 0 Å². The van der Waals surface area contributed by atoms with Gasteiger partial charge in [-0.2, -0.15) is 0 Å². The molecule has 0 bridgehead atoms. The number of benzene rings is 1. The first-order valence-electron chi connectivity index (χ1n) is 9.74. The predicted molar refractivity (Wildman–Crippen MR) is 107 cm³/mol. The van der Waals surface area contributed by atoms with Crippen LogP contribution in [-0.4, -0.2) is 58.6 Å². The summed E-state index contributed by atoms with van der Waals surface area (Å²) in [6, 6.07) is 10.4. The number of methoxy groups -OCH3 is 1. The molecule has 0 atom stereocenters. The van der Waals surface area contributed by atoms with Crippen LogP contribution in [0.5, 0.6) is 5.75 Å². The summed E-state index contributed by atoms with van der Waals surface area (Å²) in [5, 5.41) is 0. The third-order valence-corrected chi connectivity index (χ3v) is 5.59. The van der Waals surface area contributed by atoms with Crippen LogP contribution in [0.1, 0.15) is 29.2 Å². The molecule has 3 aromatic rings. The van der Waals surface area contributed by atoms with Gasteiger partial charge in [-0.15, -0.1) is 0 Å². The zero-order valence-electron chi connectivity index (χ0n) is 15.9. The molecule has 2 fully saturated rings. The molecular formula is C21H23N5O2. The number of hydrogen-bond donors (Lipinski definition) is 0. The number of nitrogens with zero attached hydrogens (tertiary/aromatic N) is 5. The van der Waals surface area contributed by atoms with Gasteiger partial charge in [0.05, 0.1) is 19.0 Å². The normalized spacial score (nSPS) is 17.2. The van der Waals surface area contributed by atoms with E-state index in [0.717, 1.165) is 35.7 Å². The van der Waals surface area contributed by atoms with E-state index in [1.54, 1.807) is 13.3 Å². The first-order chi connectivity index (χ1) is 13.7. The summed E-state index contributed by atoms with van der Waals surface area (Å²) in [5.74, 6) is 0.877. The molecule has 2 aromatic heterocycles. The lowest BCUT2D eigenvalue weighted by atomic mass is 10.2. The molecule has 1 aromatic carbocycles. The van der Waals surface area contributed by atoms with Crippen LogP contribution in [0.3, 0.4) is 0 Å². The van der Waals surface area contributed by atoms with Crippen molar-refractivity contribution in [2.75, 3.05) is 38.2 Å². The van der Waals surface area contributed by atoms with Crippen LogP contribution >= 0.6 is 0 Å². The number of amides is 1. The number of aromatic nitrogens is 3. The average molecular weight is 377 g/mol. The van der Waals surface area contributed by atoms with Crippen LogP contribution in [0.4, 0.5) is 5.69 Å². The lowest BCUT2D eigenvalue weighted by Crippen LogP contribution is -2.48. The van der Waals surface area contributed by atoms with E-state index in [2.05, 4.69) is 25.5 Å². The first kappa shape index (κ1) is 17.0. The topological polar surface area (TPSA) is 63.5 Å². The zero-order valence-corrected chi connectivity index (χ0v) is 15.9. The summed E-state index contributed by atoms with van der Waals surface area (Å²) in [5.41, 5.74) is 3.41. The van der Waals surface area contributed by atoms with E-state index in [1.165, 1.54) is 12.8 Å². The van der Waals surface area contributed by atoms with Crippen LogP contribution < -0.4 is 9.64 Å². The molecule has 28 heavy (non-hydrogen) atoms. The van der Waals surface area contributed by atoms with Crippen LogP contribution in [-0.2, 0) is 0 Å². The van der Waals surface area contributed by atoms with E-state index in [9.17, 15) is 4.79 Å². The minimum absolute atomic E-state index is 0.0284. The smallest absolute Gasteiger partial charge is 0.255 e. The van der Waals surface area contributed by atoms with Crippen LogP contribution in [0, 0.1) is 0 Å². The third kappa shape index (κ3) is 3.06. The number of ether oxygens (including phenoxy) is 1. The molecule has 1 amide bonds. The van der Waals surface area contributed by atoms with Crippen molar-refractivity contribution in [3.05, 3.63) is 48.4 Å². The van der Waals surface area contributed by atoms with Crippen molar-refractivity contribution < 1.29 is 9.53 Å². The minimum Gasteiger partial charge on any atom is -0.497 e. The second-order valence-electron chi connectivity index (χ2n) is 7.43. The van der Waals surface area contributed by atoms with Crippen molar-refractivity contribution in [1.82, 2.24) is 19.4 Å². The molecule has 0 N–H and O–H groups in total.